The van der Waals surface area contributed by atoms with Gasteiger partial charge in [-0.2, -0.15) is 4.98 Å². The first kappa shape index (κ1) is 21.4. The molecule has 2 atom stereocenters. The van der Waals surface area contributed by atoms with Crippen LogP contribution in [-0.2, 0) is 6.61 Å². The number of H-pyrrole nitrogens is 2. The Bertz CT molecular complexity index is 1080. The van der Waals surface area contributed by atoms with Gasteiger partial charge in [0.25, 0.3) is 5.91 Å². The van der Waals surface area contributed by atoms with Gasteiger partial charge in [0.05, 0.1) is 11.6 Å². The Morgan fingerprint density at radius 2 is 2.13 bits per heavy atom. The van der Waals surface area contributed by atoms with Crippen molar-refractivity contribution in [2.75, 3.05) is 6.54 Å². The van der Waals surface area contributed by atoms with Crippen LogP contribution >= 0.6 is 11.6 Å². The summed E-state index contributed by atoms with van der Waals surface area (Å²) in [6.45, 7) is 0.417. The number of aromatic amines is 2. The fourth-order valence-electron chi connectivity index (χ4n) is 3.78. The quantitative estimate of drug-likeness (QED) is 0.346. The van der Waals surface area contributed by atoms with E-state index in [1.165, 1.54) is 12.1 Å². The van der Waals surface area contributed by atoms with Crippen molar-refractivity contribution < 1.29 is 19.4 Å². The number of aliphatic hydroxyl groups is 1. The van der Waals surface area contributed by atoms with Gasteiger partial charge >= 0.3 is 0 Å². The maximum absolute atomic E-state index is 13.8. The second kappa shape index (κ2) is 9.09. The Balaban J connectivity index is 1.57. The monoisotopic (exact) mass is 447 g/mol. The summed E-state index contributed by atoms with van der Waals surface area (Å²) in [5.74, 6) is -0.847. The lowest BCUT2D eigenvalue weighted by atomic mass is 9.97. The van der Waals surface area contributed by atoms with Crippen LogP contribution < -0.4 is 10.6 Å². The zero-order valence-electron chi connectivity index (χ0n) is 16.6. The van der Waals surface area contributed by atoms with E-state index in [0.29, 0.717) is 22.8 Å². The zero-order chi connectivity index (χ0) is 22.0. The number of piperidine rings is 1. The molecule has 0 saturated carbocycles. The minimum atomic E-state index is -0.543. The van der Waals surface area contributed by atoms with E-state index in [0.717, 1.165) is 25.8 Å². The number of imidazole rings is 1. The van der Waals surface area contributed by atoms with Gasteiger partial charge in [-0.05, 0) is 43.7 Å². The van der Waals surface area contributed by atoms with E-state index in [2.05, 4.69) is 25.6 Å². The van der Waals surface area contributed by atoms with Crippen LogP contribution in [0.4, 0.5) is 4.39 Å². The second-order valence-electron chi connectivity index (χ2n) is 7.50. The molecule has 1 fully saturated rings. The Hall–Kier alpha value is -2.88. The molecular weight excluding hydrogens is 425 g/mol. The van der Waals surface area contributed by atoms with Crippen molar-refractivity contribution in [1.82, 2.24) is 25.6 Å². The molecule has 1 amide bonds. The first-order valence-corrected chi connectivity index (χ1v) is 10.4. The SMILES string of the molecule is O=C(NC(c1nc(O)c(CO)[nH]1)C1CCCCN1)c1ccc(-c2ccc(Cl)c(F)c2)[nH]1. The highest BCUT2D eigenvalue weighted by Crippen LogP contribution is 2.26. The van der Waals surface area contributed by atoms with Gasteiger partial charge in [-0.1, -0.05) is 24.1 Å². The summed E-state index contributed by atoms with van der Waals surface area (Å²) in [5.41, 5.74) is 1.63. The third kappa shape index (κ3) is 4.58. The molecule has 4 rings (SSSR count). The van der Waals surface area contributed by atoms with E-state index in [-0.39, 0.29) is 28.5 Å². The summed E-state index contributed by atoms with van der Waals surface area (Å²) < 4.78 is 13.8. The molecule has 31 heavy (non-hydrogen) atoms. The second-order valence-corrected chi connectivity index (χ2v) is 7.91. The van der Waals surface area contributed by atoms with E-state index in [4.69, 9.17) is 11.6 Å². The molecule has 6 N–H and O–H groups in total. The number of carbonyl (C=O) groups is 1. The van der Waals surface area contributed by atoms with Crippen LogP contribution in [0.5, 0.6) is 5.88 Å². The smallest absolute Gasteiger partial charge is 0.268 e. The van der Waals surface area contributed by atoms with E-state index >= 15 is 0 Å². The van der Waals surface area contributed by atoms with Gasteiger partial charge in [-0.3, -0.25) is 4.79 Å². The Labute approximate surface area is 182 Å². The highest BCUT2D eigenvalue weighted by Gasteiger charge is 2.30. The highest BCUT2D eigenvalue weighted by atomic mass is 35.5. The number of aromatic hydroxyl groups is 1. The van der Waals surface area contributed by atoms with Gasteiger partial charge in [-0.25, -0.2) is 4.39 Å². The van der Waals surface area contributed by atoms with Gasteiger partial charge < -0.3 is 30.8 Å². The minimum Gasteiger partial charge on any atom is -0.492 e. The predicted molar refractivity (Wildman–Crippen MR) is 113 cm³/mol. The molecule has 0 bridgehead atoms. The molecule has 1 aliphatic heterocycles. The third-order valence-corrected chi connectivity index (χ3v) is 5.73. The molecular formula is C21H23ClFN5O3. The predicted octanol–water partition coefficient (Wildman–Crippen LogP) is 3.01. The van der Waals surface area contributed by atoms with Crippen molar-refractivity contribution in [3.8, 4) is 17.1 Å². The summed E-state index contributed by atoms with van der Waals surface area (Å²) in [6.07, 6.45) is 2.86. The van der Waals surface area contributed by atoms with E-state index in [1.807, 2.05) is 0 Å². The average Bonchev–Trinajstić information content (AvgIpc) is 3.41. The fourth-order valence-corrected chi connectivity index (χ4v) is 3.90. The molecule has 2 aromatic heterocycles. The number of nitrogens with one attached hydrogen (secondary N) is 4. The molecule has 3 heterocycles. The molecule has 1 aromatic carbocycles. The normalized spacial score (nSPS) is 17.5. The third-order valence-electron chi connectivity index (χ3n) is 5.43. The maximum atomic E-state index is 13.8. The largest absolute Gasteiger partial charge is 0.492 e. The Morgan fingerprint density at radius 1 is 1.29 bits per heavy atom. The molecule has 0 aliphatic carbocycles. The lowest BCUT2D eigenvalue weighted by molar-refractivity contribution is 0.0915. The standard InChI is InChI=1S/C21H23ClFN5O3/c22-12-5-4-11(9-13(12)23)14-6-7-16(25-14)20(30)27-18(15-3-1-2-8-24-15)19-26-17(10-29)21(31)28-19/h4-7,9,15,18,24-25,29,31H,1-3,8,10H2,(H,26,28)(H,27,30). The molecule has 10 heteroatoms. The van der Waals surface area contributed by atoms with Crippen molar-refractivity contribution in [2.24, 2.45) is 0 Å². The number of hydrogen-bond donors (Lipinski definition) is 6. The maximum Gasteiger partial charge on any atom is 0.268 e. The first-order valence-electron chi connectivity index (χ1n) is 10.0. The van der Waals surface area contributed by atoms with Crippen LogP contribution in [0.15, 0.2) is 30.3 Å². The number of hydrogen-bond acceptors (Lipinski definition) is 5. The lowest BCUT2D eigenvalue weighted by Gasteiger charge is -2.30. The topological polar surface area (TPSA) is 126 Å². The summed E-state index contributed by atoms with van der Waals surface area (Å²) in [4.78, 5) is 23.0. The van der Waals surface area contributed by atoms with Gasteiger partial charge in [0.15, 0.2) is 0 Å². The van der Waals surface area contributed by atoms with E-state index in [9.17, 15) is 19.4 Å². The van der Waals surface area contributed by atoms with Gasteiger partial charge in [0.2, 0.25) is 5.88 Å². The molecule has 0 spiro atoms. The summed E-state index contributed by atoms with van der Waals surface area (Å²) in [6, 6.07) is 7.09. The van der Waals surface area contributed by atoms with Crippen LogP contribution in [0.2, 0.25) is 5.02 Å². The molecule has 3 aromatic rings. The van der Waals surface area contributed by atoms with Crippen LogP contribution in [0.25, 0.3) is 11.3 Å². The zero-order valence-corrected chi connectivity index (χ0v) is 17.3. The number of amides is 1. The van der Waals surface area contributed by atoms with Crippen LogP contribution in [-0.4, -0.2) is 43.7 Å². The van der Waals surface area contributed by atoms with Crippen molar-refractivity contribution in [3.05, 3.63) is 58.4 Å². The fraction of sp³-hybridized carbons (Fsp3) is 0.333. The summed E-state index contributed by atoms with van der Waals surface area (Å²) >= 11 is 5.74. The van der Waals surface area contributed by atoms with Crippen molar-refractivity contribution in [2.45, 2.75) is 38.0 Å². The number of aromatic nitrogens is 3. The first-order chi connectivity index (χ1) is 15.0. The average molecular weight is 448 g/mol. The van der Waals surface area contributed by atoms with Crippen molar-refractivity contribution in [1.29, 1.82) is 0 Å². The molecule has 164 valence electrons. The van der Waals surface area contributed by atoms with Gasteiger partial charge in [-0.15, -0.1) is 0 Å². The number of rotatable bonds is 6. The minimum absolute atomic E-state index is 0.0278. The van der Waals surface area contributed by atoms with Crippen molar-refractivity contribution >= 4 is 17.5 Å². The molecule has 8 nitrogen and oxygen atoms in total. The molecule has 1 saturated heterocycles. The van der Waals surface area contributed by atoms with Crippen molar-refractivity contribution in [3.63, 3.8) is 0 Å². The van der Waals surface area contributed by atoms with Crippen LogP contribution in [0.3, 0.4) is 0 Å². The number of aliphatic hydroxyl groups excluding tert-OH is 1. The van der Waals surface area contributed by atoms with Crippen LogP contribution in [0, 0.1) is 5.82 Å². The molecule has 0 radical (unpaired) electrons. The number of carbonyl (C=O) groups excluding carboxylic acids is 1. The molecule has 1 aliphatic rings. The number of halogens is 2. The van der Waals surface area contributed by atoms with Crippen LogP contribution in [0.1, 0.15) is 47.3 Å². The van der Waals surface area contributed by atoms with Gasteiger partial charge in [0, 0.05) is 17.3 Å². The highest BCUT2D eigenvalue weighted by molar-refractivity contribution is 6.30. The molecule has 2 unspecified atom stereocenters. The Kier molecular flexibility index (Phi) is 6.26. The van der Waals surface area contributed by atoms with E-state index < -0.39 is 18.5 Å². The Morgan fingerprint density at radius 3 is 2.81 bits per heavy atom. The lowest BCUT2D eigenvalue weighted by Crippen LogP contribution is -2.46. The number of nitrogens with zero attached hydrogens (tertiary/aromatic N) is 1. The number of benzene rings is 1. The van der Waals surface area contributed by atoms with Gasteiger partial charge in [0.1, 0.15) is 29.1 Å². The summed E-state index contributed by atoms with van der Waals surface area (Å²) in [5, 5.41) is 25.6. The van der Waals surface area contributed by atoms with E-state index in [1.54, 1.807) is 18.2 Å². The summed E-state index contributed by atoms with van der Waals surface area (Å²) in [7, 11) is 0.